The van der Waals surface area contributed by atoms with Gasteiger partial charge >= 0.3 is 12.1 Å². The zero-order valence-corrected chi connectivity index (χ0v) is 25.8. The standard InChI is InChI=1S/C32H32N4O6S2/c1-21-3-15-27(16-4-21)43(39,40)35-31(37)33-29-19-23-7-11-25(29)13-9-24-8-12-26(14-10-23)30(20-24)34-32(38)36-44(41,42)28-17-5-22(2)6-18-28/h3-8,11-12,15-20H,9-10,13-14H2,1-2H3,(H2,33,35,37)(H2,34,36,38). The van der Waals surface area contributed by atoms with E-state index in [9.17, 15) is 26.4 Å². The molecular formula is C32H32N4O6S2. The second-order valence-electron chi connectivity index (χ2n) is 10.7. The van der Waals surface area contributed by atoms with E-state index >= 15 is 0 Å². The summed E-state index contributed by atoms with van der Waals surface area (Å²) >= 11 is 0. The number of carbonyl (C=O) groups excluding carboxylic acids is 2. The van der Waals surface area contributed by atoms with Crippen LogP contribution in [0.2, 0.25) is 0 Å². The fraction of sp³-hybridized carbons (Fsp3) is 0.188. The predicted molar refractivity (Wildman–Crippen MR) is 169 cm³/mol. The average molecular weight is 633 g/mol. The third-order valence-electron chi connectivity index (χ3n) is 7.33. The van der Waals surface area contributed by atoms with Crippen molar-refractivity contribution in [1.29, 1.82) is 0 Å². The van der Waals surface area contributed by atoms with Crippen LogP contribution in [-0.4, -0.2) is 28.9 Å². The molecule has 0 radical (unpaired) electrons. The molecule has 4 amide bonds. The number of hydrogen-bond acceptors (Lipinski definition) is 6. The maximum absolute atomic E-state index is 12.8. The zero-order valence-electron chi connectivity index (χ0n) is 24.2. The Morgan fingerprint density at radius 1 is 0.523 bits per heavy atom. The summed E-state index contributed by atoms with van der Waals surface area (Å²) in [7, 11) is -8.11. The Labute approximate surface area is 257 Å². The molecule has 10 nitrogen and oxygen atoms in total. The Kier molecular flexibility index (Phi) is 8.75. The molecular weight excluding hydrogens is 601 g/mol. The van der Waals surface area contributed by atoms with Gasteiger partial charge in [-0.25, -0.2) is 35.9 Å². The normalized spacial score (nSPS) is 13.0. The van der Waals surface area contributed by atoms with Crippen molar-refractivity contribution in [3.05, 3.63) is 118 Å². The first-order valence-corrected chi connectivity index (χ1v) is 16.9. The number of nitrogens with one attached hydrogen (secondary N) is 4. The summed E-state index contributed by atoms with van der Waals surface area (Å²) < 4.78 is 55.0. The minimum absolute atomic E-state index is 0.0109. The Balaban J connectivity index is 1.30. The van der Waals surface area contributed by atoms with Crippen molar-refractivity contribution in [2.75, 3.05) is 10.6 Å². The van der Waals surface area contributed by atoms with Crippen LogP contribution >= 0.6 is 0 Å². The smallest absolute Gasteiger partial charge is 0.307 e. The molecule has 4 aromatic rings. The van der Waals surface area contributed by atoms with Crippen LogP contribution in [0.15, 0.2) is 94.7 Å². The fourth-order valence-corrected chi connectivity index (χ4v) is 6.69. The molecule has 0 spiro atoms. The van der Waals surface area contributed by atoms with Crippen molar-refractivity contribution in [1.82, 2.24) is 9.44 Å². The van der Waals surface area contributed by atoms with Gasteiger partial charge in [-0.1, -0.05) is 59.7 Å². The Bertz CT molecular complexity index is 1800. The molecule has 0 unspecified atom stereocenters. The molecule has 0 aromatic heterocycles. The summed E-state index contributed by atoms with van der Waals surface area (Å²) in [5, 5.41) is 5.42. The highest BCUT2D eigenvalue weighted by molar-refractivity contribution is 7.90. The fourth-order valence-electron chi connectivity index (χ4n) is 4.88. The van der Waals surface area contributed by atoms with E-state index in [1.807, 2.05) is 50.2 Å². The van der Waals surface area contributed by atoms with Gasteiger partial charge < -0.3 is 10.6 Å². The summed E-state index contributed by atoms with van der Waals surface area (Å²) in [5.41, 5.74) is 6.18. The number of urea groups is 2. The van der Waals surface area contributed by atoms with Crippen LogP contribution in [0, 0.1) is 13.8 Å². The first-order valence-electron chi connectivity index (χ1n) is 13.9. The van der Waals surface area contributed by atoms with Gasteiger partial charge in [-0.05, 0) is 98.2 Å². The number of aryl methyl sites for hydroxylation is 6. The van der Waals surface area contributed by atoms with Gasteiger partial charge in [0.2, 0.25) is 0 Å². The van der Waals surface area contributed by atoms with Gasteiger partial charge in [0.1, 0.15) is 0 Å². The van der Waals surface area contributed by atoms with E-state index in [0.29, 0.717) is 37.1 Å². The van der Waals surface area contributed by atoms with Gasteiger partial charge in [-0.3, -0.25) is 0 Å². The predicted octanol–water partition coefficient (Wildman–Crippen LogP) is 5.21. The monoisotopic (exact) mass is 632 g/mol. The van der Waals surface area contributed by atoms with E-state index in [4.69, 9.17) is 0 Å². The van der Waals surface area contributed by atoms with Gasteiger partial charge in [0.15, 0.2) is 0 Å². The summed E-state index contributed by atoms with van der Waals surface area (Å²) in [5.74, 6) is 0. The summed E-state index contributed by atoms with van der Waals surface area (Å²) in [6, 6.07) is 22.0. The zero-order chi connectivity index (χ0) is 31.5. The summed E-state index contributed by atoms with van der Waals surface area (Å²) in [6.45, 7) is 3.68. The van der Waals surface area contributed by atoms with Gasteiger partial charge in [-0.2, -0.15) is 0 Å². The number of anilines is 2. The number of amides is 4. The number of rotatable bonds is 6. The molecule has 228 valence electrons. The lowest BCUT2D eigenvalue weighted by atomic mass is 9.94. The molecule has 4 aliphatic rings. The molecule has 0 fully saturated rings. The lowest BCUT2D eigenvalue weighted by Crippen LogP contribution is -2.34. The number of sulfonamides is 2. The summed E-state index contributed by atoms with van der Waals surface area (Å²) in [4.78, 5) is 25.6. The molecule has 8 rings (SSSR count). The van der Waals surface area contributed by atoms with E-state index in [2.05, 4.69) is 20.1 Å². The van der Waals surface area contributed by atoms with Gasteiger partial charge in [0.05, 0.1) is 9.79 Å². The second-order valence-corrected chi connectivity index (χ2v) is 14.1. The van der Waals surface area contributed by atoms with Gasteiger partial charge in [0, 0.05) is 11.4 Å². The van der Waals surface area contributed by atoms with E-state index < -0.39 is 32.1 Å². The highest BCUT2D eigenvalue weighted by Crippen LogP contribution is 2.27. The Morgan fingerprint density at radius 2 is 0.886 bits per heavy atom. The van der Waals surface area contributed by atoms with Crippen LogP contribution in [0.1, 0.15) is 33.4 Å². The SMILES string of the molecule is Cc1ccc(S(=O)(=O)NC(=O)Nc2cc3ccc2CCc2ccc(c(NC(=O)NS(=O)(=O)c4ccc(C)cc4)c2)CC3)cc1. The Hall–Kier alpha value is -4.68. The van der Waals surface area contributed by atoms with E-state index in [1.165, 1.54) is 24.3 Å². The number of benzene rings is 4. The van der Waals surface area contributed by atoms with Crippen LogP contribution in [0.4, 0.5) is 21.0 Å². The molecule has 4 N–H and O–H groups in total. The molecule has 0 heterocycles. The third-order valence-corrected chi connectivity index (χ3v) is 10.0. The second kappa shape index (κ2) is 12.5. The van der Waals surface area contributed by atoms with Crippen LogP contribution in [0.25, 0.3) is 0 Å². The topological polar surface area (TPSA) is 151 Å². The van der Waals surface area contributed by atoms with Crippen molar-refractivity contribution in [2.45, 2.75) is 49.3 Å². The average Bonchev–Trinajstić information content (AvgIpc) is 2.95. The quantitative estimate of drug-likeness (QED) is 0.229. The largest absolute Gasteiger partial charge is 0.333 e. The lowest BCUT2D eigenvalue weighted by molar-refractivity contribution is 0.255. The van der Waals surface area contributed by atoms with Crippen molar-refractivity contribution >= 4 is 43.5 Å². The molecule has 0 saturated carbocycles. The minimum Gasteiger partial charge on any atom is -0.307 e. The molecule has 44 heavy (non-hydrogen) atoms. The maximum atomic E-state index is 12.8. The highest BCUT2D eigenvalue weighted by Gasteiger charge is 2.21. The number of hydrogen-bond donors (Lipinski definition) is 4. The first kappa shape index (κ1) is 30.8. The molecule has 12 heteroatoms. The molecule has 0 aliphatic heterocycles. The lowest BCUT2D eigenvalue weighted by Gasteiger charge is -2.18. The van der Waals surface area contributed by atoms with Crippen molar-refractivity contribution in [3.63, 3.8) is 0 Å². The molecule has 4 bridgehead atoms. The van der Waals surface area contributed by atoms with Crippen LogP contribution in [0.3, 0.4) is 0 Å². The molecule has 4 aromatic carbocycles. The van der Waals surface area contributed by atoms with Gasteiger partial charge in [-0.15, -0.1) is 0 Å². The van der Waals surface area contributed by atoms with Crippen molar-refractivity contribution in [2.24, 2.45) is 0 Å². The maximum Gasteiger partial charge on any atom is 0.333 e. The molecule has 0 saturated heterocycles. The van der Waals surface area contributed by atoms with Crippen molar-refractivity contribution < 1.29 is 26.4 Å². The highest BCUT2D eigenvalue weighted by atomic mass is 32.2. The molecule has 0 atom stereocenters. The summed E-state index contributed by atoms with van der Waals surface area (Å²) in [6.07, 6.45) is 2.09. The van der Waals surface area contributed by atoms with Crippen molar-refractivity contribution in [3.8, 4) is 0 Å². The Morgan fingerprint density at radius 3 is 1.25 bits per heavy atom. The first-order chi connectivity index (χ1) is 20.9. The van der Waals surface area contributed by atoms with E-state index in [1.54, 1.807) is 24.3 Å². The van der Waals surface area contributed by atoms with Crippen LogP contribution < -0.4 is 20.1 Å². The van der Waals surface area contributed by atoms with Gasteiger partial charge in [0.25, 0.3) is 20.0 Å². The number of carbonyl (C=O) groups is 2. The minimum atomic E-state index is -4.06. The van der Waals surface area contributed by atoms with Crippen LogP contribution in [0.5, 0.6) is 0 Å². The third kappa shape index (κ3) is 7.44. The van der Waals surface area contributed by atoms with Crippen LogP contribution in [-0.2, 0) is 45.7 Å². The van der Waals surface area contributed by atoms with E-state index in [0.717, 1.165) is 33.4 Å². The molecule has 4 aliphatic carbocycles. The van der Waals surface area contributed by atoms with E-state index in [-0.39, 0.29) is 9.79 Å².